The van der Waals surface area contributed by atoms with Gasteiger partial charge in [-0.15, -0.1) is 0 Å². The van der Waals surface area contributed by atoms with E-state index in [1.54, 1.807) is 20.0 Å². The lowest BCUT2D eigenvalue weighted by Crippen LogP contribution is -2.55. The molecule has 0 saturated heterocycles. The first-order valence-electron chi connectivity index (χ1n) is 6.51. The van der Waals surface area contributed by atoms with E-state index in [0.717, 1.165) is 25.0 Å². The molecule has 0 aromatic carbocycles. The Bertz CT molecular complexity index is 501. The summed E-state index contributed by atoms with van der Waals surface area (Å²) in [6, 6.07) is 1.66. The van der Waals surface area contributed by atoms with Gasteiger partial charge in [-0.2, -0.15) is 5.10 Å². The van der Waals surface area contributed by atoms with Gasteiger partial charge in [-0.1, -0.05) is 19.3 Å². The maximum absolute atomic E-state index is 12.2. The van der Waals surface area contributed by atoms with Crippen molar-refractivity contribution in [2.24, 2.45) is 7.05 Å². The van der Waals surface area contributed by atoms with Crippen molar-refractivity contribution in [3.63, 3.8) is 0 Å². The van der Waals surface area contributed by atoms with E-state index in [9.17, 15) is 14.7 Å². The van der Waals surface area contributed by atoms with Gasteiger partial charge in [-0.3, -0.25) is 9.48 Å². The molecule has 1 amide bonds. The van der Waals surface area contributed by atoms with Crippen LogP contribution in [-0.4, -0.2) is 32.3 Å². The van der Waals surface area contributed by atoms with Crippen LogP contribution in [-0.2, 0) is 11.8 Å². The third-order valence-electron chi connectivity index (χ3n) is 3.70. The van der Waals surface area contributed by atoms with Crippen LogP contribution in [0.4, 0.5) is 0 Å². The van der Waals surface area contributed by atoms with E-state index in [2.05, 4.69) is 10.4 Å². The number of carbonyl (C=O) groups is 2. The molecule has 104 valence electrons. The van der Waals surface area contributed by atoms with Crippen molar-refractivity contribution in [3.05, 3.63) is 17.5 Å². The van der Waals surface area contributed by atoms with E-state index in [-0.39, 0.29) is 5.91 Å². The van der Waals surface area contributed by atoms with Crippen LogP contribution in [0.1, 0.15) is 48.3 Å². The summed E-state index contributed by atoms with van der Waals surface area (Å²) in [4.78, 5) is 23.7. The highest BCUT2D eigenvalue weighted by atomic mass is 16.4. The van der Waals surface area contributed by atoms with E-state index in [1.165, 1.54) is 4.68 Å². The molecular formula is C13H19N3O3. The molecule has 1 aromatic heterocycles. The fourth-order valence-electron chi connectivity index (χ4n) is 2.65. The second-order valence-electron chi connectivity index (χ2n) is 5.20. The largest absolute Gasteiger partial charge is 0.480 e. The topological polar surface area (TPSA) is 84.2 Å². The van der Waals surface area contributed by atoms with Gasteiger partial charge < -0.3 is 10.4 Å². The molecule has 1 saturated carbocycles. The Kier molecular flexibility index (Phi) is 3.59. The molecule has 2 N–H and O–H groups in total. The smallest absolute Gasteiger partial charge is 0.329 e. The maximum Gasteiger partial charge on any atom is 0.329 e. The average molecular weight is 265 g/mol. The average Bonchev–Trinajstić information content (AvgIpc) is 2.69. The van der Waals surface area contributed by atoms with Crippen LogP contribution in [0.5, 0.6) is 0 Å². The first-order valence-corrected chi connectivity index (χ1v) is 6.51. The Labute approximate surface area is 111 Å². The lowest BCUT2D eigenvalue weighted by molar-refractivity contribution is -0.145. The van der Waals surface area contributed by atoms with Crippen LogP contribution in [0.3, 0.4) is 0 Å². The minimum absolute atomic E-state index is 0.368. The first kappa shape index (κ1) is 13.6. The monoisotopic (exact) mass is 265 g/mol. The SMILES string of the molecule is Cc1cc(C(=O)NC2(C(=O)O)CCCCC2)n(C)n1. The Hall–Kier alpha value is -1.85. The number of nitrogens with one attached hydrogen (secondary N) is 1. The Balaban J connectivity index is 2.20. The fourth-order valence-corrected chi connectivity index (χ4v) is 2.65. The molecular weight excluding hydrogens is 246 g/mol. The predicted molar refractivity (Wildman–Crippen MR) is 68.9 cm³/mol. The molecule has 0 bridgehead atoms. The molecule has 2 rings (SSSR count). The van der Waals surface area contributed by atoms with Crippen molar-refractivity contribution in [3.8, 4) is 0 Å². The predicted octanol–water partition coefficient (Wildman–Crippen LogP) is 1.25. The summed E-state index contributed by atoms with van der Waals surface area (Å²) >= 11 is 0. The van der Waals surface area contributed by atoms with Crippen molar-refractivity contribution in [2.75, 3.05) is 0 Å². The second-order valence-corrected chi connectivity index (χ2v) is 5.20. The van der Waals surface area contributed by atoms with Gasteiger partial charge in [0.1, 0.15) is 11.2 Å². The zero-order chi connectivity index (χ0) is 14.0. The van der Waals surface area contributed by atoms with E-state index in [1.807, 2.05) is 0 Å². The van der Waals surface area contributed by atoms with Gasteiger partial charge in [-0.05, 0) is 25.8 Å². The van der Waals surface area contributed by atoms with Gasteiger partial charge in [0.2, 0.25) is 0 Å². The maximum atomic E-state index is 12.2. The normalized spacial score (nSPS) is 18.0. The molecule has 0 radical (unpaired) electrons. The zero-order valence-corrected chi connectivity index (χ0v) is 11.3. The first-order chi connectivity index (χ1) is 8.94. The molecule has 0 unspecified atom stereocenters. The lowest BCUT2D eigenvalue weighted by atomic mass is 9.81. The van der Waals surface area contributed by atoms with Gasteiger partial charge in [0, 0.05) is 7.05 Å². The minimum Gasteiger partial charge on any atom is -0.480 e. The van der Waals surface area contributed by atoms with E-state index < -0.39 is 11.5 Å². The third-order valence-corrected chi connectivity index (χ3v) is 3.70. The number of aliphatic carboxylic acids is 1. The van der Waals surface area contributed by atoms with Gasteiger partial charge in [0.15, 0.2) is 0 Å². The van der Waals surface area contributed by atoms with E-state index >= 15 is 0 Å². The number of carboxylic acid groups (broad SMARTS) is 1. The Morgan fingerprint density at radius 1 is 1.37 bits per heavy atom. The number of aryl methyl sites for hydroxylation is 2. The molecule has 1 fully saturated rings. The zero-order valence-electron chi connectivity index (χ0n) is 11.3. The van der Waals surface area contributed by atoms with Crippen LogP contribution >= 0.6 is 0 Å². The molecule has 0 aliphatic heterocycles. The number of hydrogen-bond acceptors (Lipinski definition) is 3. The Morgan fingerprint density at radius 2 is 2.00 bits per heavy atom. The molecule has 1 aliphatic carbocycles. The molecule has 19 heavy (non-hydrogen) atoms. The third kappa shape index (κ3) is 2.62. The molecule has 1 aliphatic rings. The number of amides is 1. The second kappa shape index (κ2) is 5.03. The van der Waals surface area contributed by atoms with E-state index in [0.29, 0.717) is 18.5 Å². The Morgan fingerprint density at radius 3 is 2.47 bits per heavy atom. The van der Waals surface area contributed by atoms with Crippen LogP contribution < -0.4 is 5.32 Å². The highest BCUT2D eigenvalue weighted by Gasteiger charge is 2.41. The summed E-state index contributed by atoms with van der Waals surface area (Å²) in [6.07, 6.45) is 3.67. The summed E-state index contributed by atoms with van der Waals surface area (Å²) in [6.45, 7) is 1.80. The van der Waals surface area contributed by atoms with E-state index in [4.69, 9.17) is 0 Å². The van der Waals surface area contributed by atoms with Gasteiger partial charge in [0.05, 0.1) is 5.69 Å². The van der Waals surface area contributed by atoms with Gasteiger partial charge >= 0.3 is 5.97 Å². The molecule has 1 aromatic rings. The van der Waals surface area contributed by atoms with Gasteiger partial charge in [-0.25, -0.2) is 4.79 Å². The summed E-state index contributed by atoms with van der Waals surface area (Å²) in [5, 5.41) is 16.2. The standard InChI is InChI=1S/C13H19N3O3/c1-9-8-10(16(2)15-9)11(17)14-13(12(18)19)6-4-3-5-7-13/h8H,3-7H2,1-2H3,(H,14,17)(H,18,19). The van der Waals surface area contributed by atoms with Crippen molar-refractivity contribution < 1.29 is 14.7 Å². The molecule has 0 atom stereocenters. The summed E-state index contributed by atoms with van der Waals surface area (Å²) < 4.78 is 1.48. The van der Waals surface area contributed by atoms with Crippen LogP contribution in [0, 0.1) is 6.92 Å². The number of aromatic nitrogens is 2. The number of rotatable bonds is 3. The number of hydrogen-bond donors (Lipinski definition) is 2. The van der Waals surface area contributed by atoms with Crippen molar-refractivity contribution in [1.29, 1.82) is 0 Å². The van der Waals surface area contributed by atoms with Crippen molar-refractivity contribution in [1.82, 2.24) is 15.1 Å². The van der Waals surface area contributed by atoms with Crippen molar-refractivity contribution >= 4 is 11.9 Å². The number of nitrogens with zero attached hydrogens (tertiary/aromatic N) is 2. The van der Waals surface area contributed by atoms with Crippen molar-refractivity contribution in [2.45, 2.75) is 44.6 Å². The molecule has 0 spiro atoms. The summed E-state index contributed by atoms with van der Waals surface area (Å²) in [7, 11) is 1.68. The summed E-state index contributed by atoms with van der Waals surface area (Å²) in [5.41, 5.74) is 0.0115. The van der Waals surface area contributed by atoms with Crippen LogP contribution in [0.15, 0.2) is 6.07 Å². The number of carbonyl (C=O) groups excluding carboxylic acids is 1. The van der Waals surface area contributed by atoms with Gasteiger partial charge in [0.25, 0.3) is 5.91 Å². The summed E-state index contributed by atoms with van der Waals surface area (Å²) in [5.74, 6) is -1.31. The minimum atomic E-state index is -1.12. The highest BCUT2D eigenvalue weighted by Crippen LogP contribution is 2.28. The highest BCUT2D eigenvalue weighted by molar-refractivity contribution is 5.96. The fraction of sp³-hybridized carbons (Fsp3) is 0.615. The number of carboxylic acids is 1. The lowest BCUT2D eigenvalue weighted by Gasteiger charge is -2.33. The molecule has 6 heteroatoms. The molecule has 1 heterocycles. The van der Waals surface area contributed by atoms with Crippen LogP contribution in [0.2, 0.25) is 0 Å². The molecule has 6 nitrogen and oxygen atoms in total. The van der Waals surface area contributed by atoms with Crippen LogP contribution in [0.25, 0.3) is 0 Å². The quantitative estimate of drug-likeness (QED) is 0.861.